The zero-order chi connectivity index (χ0) is 15.8. The first-order chi connectivity index (χ1) is 10.8. The molecule has 0 atom stereocenters. The lowest BCUT2D eigenvalue weighted by Gasteiger charge is -2.19. The lowest BCUT2D eigenvalue weighted by atomic mass is 9.99. The van der Waals surface area contributed by atoms with Crippen molar-refractivity contribution in [2.24, 2.45) is 0 Å². The molecule has 0 saturated carbocycles. The van der Waals surface area contributed by atoms with Crippen molar-refractivity contribution in [1.29, 1.82) is 0 Å². The van der Waals surface area contributed by atoms with Gasteiger partial charge in [0.1, 0.15) is 11.5 Å². The summed E-state index contributed by atoms with van der Waals surface area (Å²) in [5, 5.41) is 0. The molecule has 1 N–H and O–H groups in total. The molecule has 0 aliphatic rings. The highest BCUT2D eigenvalue weighted by molar-refractivity contribution is 5.37. The Morgan fingerprint density at radius 2 is 1.18 bits per heavy atom. The van der Waals surface area contributed by atoms with Crippen molar-refractivity contribution in [3.8, 4) is 11.5 Å². The summed E-state index contributed by atoms with van der Waals surface area (Å²) in [5.74, 6) is 1.74. The van der Waals surface area contributed by atoms with Crippen molar-refractivity contribution in [2.45, 2.75) is 19.9 Å². The Morgan fingerprint density at radius 3 is 1.50 bits per heavy atom. The van der Waals surface area contributed by atoms with Crippen LogP contribution in [-0.2, 0) is 4.84 Å². The van der Waals surface area contributed by atoms with Gasteiger partial charge in [-0.2, -0.15) is 5.48 Å². The maximum Gasteiger partial charge on any atom is 0.119 e. The van der Waals surface area contributed by atoms with Gasteiger partial charge in [-0.05, 0) is 49.2 Å². The highest BCUT2D eigenvalue weighted by Gasteiger charge is 2.14. The summed E-state index contributed by atoms with van der Waals surface area (Å²) < 4.78 is 11.0. The molecule has 0 spiro atoms. The molecule has 0 fully saturated rings. The monoisotopic (exact) mass is 301 g/mol. The Kier molecular flexibility index (Phi) is 6.25. The molecule has 0 unspecified atom stereocenters. The number of hydrogen-bond acceptors (Lipinski definition) is 4. The second-order valence-corrected chi connectivity index (χ2v) is 4.76. The predicted octanol–water partition coefficient (Wildman–Crippen LogP) is 3.72. The standard InChI is InChI=1S/C18H23NO3/c1-4-21-16-10-6-14(7-11-16)18(19-20-3)15-8-12-17(13-9-15)22-5-2/h6-13,18-19H,4-5H2,1-3H3. The second kappa shape index (κ2) is 8.41. The van der Waals surface area contributed by atoms with Gasteiger partial charge < -0.3 is 14.3 Å². The topological polar surface area (TPSA) is 39.7 Å². The van der Waals surface area contributed by atoms with Crippen LogP contribution < -0.4 is 15.0 Å². The summed E-state index contributed by atoms with van der Waals surface area (Å²) in [6, 6.07) is 16.0. The summed E-state index contributed by atoms with van der Waals surface area (Å²) in [6.45, 7) is 5.28. The Labute approximate surface area is 132 Å². The molecular formula is C18H23NO3. The first kappa shape index (κ1) is 16.3. The van der Waals surface area contributed by atoms with E-state index in [9.17, 15) is 0 Å². The van der Waals surface area contributed by atoms with Crippen molar-refractivity contribution in [1.82, 2.24) is 5.48 Å². The van der Waals surface area contributed by atoms with E-state index in [2.05, 4.69) is 5.48 Å². The van der Waals surface area contributed by atoms with Crippen LogP contribution in [0.1, 0.15) is 31.0 Å². The molecule has 0 aromatic heterocycles. The highest BCUT2D eigenvalue weighted by atomic mass is 16.6. The summed E-state index contributed by atoms with van der Waals surface area (Å²) in [5.41, 5.74) is 5.25. The molecule has 0 amide bonds. The molecule has 4 nitrogen and oxygen atoms in total. The molecule has 0 bridgehead atoms. The Balaban J connectivity index is 2.21. The largest absolute Gasteiger partial charge is 0.494 e. The zero-order valence-electron chi connectivity index (χ0n) is 13.3. The van der Waals surface area contributed by atoms with Crippen LogP contribution in [0, 0.1) is 0 Å². The first-order valence-corrected chi connectivity index (χ1v) is 7.52. The molecule has 4 heteroatoms. The molecule has 2 rings (SSSR count). The summed E-state index contributed by atoms with van der Waals surface area (Å²) in [7, 11) is 1.62. The van der Waals surface area contributed by atoms with Gasteiger partial charge >= 0.3 is 0 Å². The van der Waals surface area contributed by atoms with Crippen LogP contribution in [0.25, 0.3) is 0 Å². The van der Waals surface area contributed by atoms with E-state index >= 15 is 0 Å². The van der Waals surface area contributed by atoms with Gasteiger partial charge in [0.05, 0.1) is 26.4 Å². The number of hydrogen-bond donors (Lipinski definition) is 1. The Hall–Kier alpha value is -2.04. The lowest BCUT2D eigenvalue weighted by Crippen LogP contribution is -2.21. The van der Waals surface area contributed by atoms with Gasteiger partial charge in [-0.3, -0.25) is 0 Å². The third-order valence-electron chi connectivity index (χ3n) is 3.28. The number of benzene rings is 2. The average Bonchev–Trinajstić information content (AvgIpc) is 2.55. The average molecular weight is 301 g/mol. The molecule has 2 aromatic rings. The molecule has 118 valence electrons. The van der Waals surface area contributed by atoms with Crippen molar-refractivity contribution < 1.29 is 14.3 Å². The fraction of sp³-hybridized carbons (Fsp3) is 0.333. The van der Waals surface area contributed by atoms with E-state index in [1.807, 2.05) is 62.4 Å². The minimum atomic E-state index is -0.0450. The van der Waals surface area contributed by atoms with Crippen LogP contribution in [0.2, 0.25) is 0 Å². The van der Waals surface area contributed by atoms with Gasteiger partial charge in [-0.15, -0.1) is 0 Å². The molecular weight excluding hydrogens is 278 g/mol. The molecule has 0 heterocycles. The van der Waals surface area contributed by atoms with Crippen molar-refractivity contribution in [2.75, 3.05) is 20.3 Å². The van der Waals surface area contributed by atoms with E-state index in [0.717, 1.165) is 22.6 Å². The number of nitrogens with one attached hydrogen (secondary N) is 1. The molecule has 0 saturated heterocycles. The number of rotatable bonds is 8. The van der Waals surface area contributed by atoms with Crippen LogP contribution in [0.5, 0.6) is 11.5 Å². The summed E-state index contributed by atoms with van der Waals surface area (Å²) >= 11 is 0. The van der Waals surface area contributed by atoms with Crippen LogP contribution >= 0.6 is 0 Å². The van der Waals surface area contributed by atoms with Crippen LogP contribution in [0.15, 0.2) is 48.5 Å². The summed E-state index contributed by atoms with van der Waals surface area (Å²) in [6.07, 6.45) is 0. The third-order valence-corrected chi connectivity index (χ3v) is 3.28. The van der Waals surface area contributed by atoms with E-state index in [1.54, 1.807) is 7.11 Å². The minimum absolute atomic E-state index is 0.0450. The van der Waals surface area contributed by atoms with Crippen LogP contribution in [-0.4, -0.2) is 20.3 Å². The Morgan fingerprint density at radius 1 is 0.773 bits per heavy atom. The van der Waals surface area contributed by atoms with E-state index < -0.39 is 0 Å². The molecule has 0 aliphatic carbocycles. The van der Waals surface area contributed by atoms with E-state index in [1.165, 1.54) is 0 Å². The zero-order valence-corrected chi connectivity index (χ0v) is 13.3. The summed E-state index contributed by atoms with van der Waals surface area (Å²) in [4.78, 5) is 5.16. The Bertz CT molecular complexity index is 502. The second-order valence-electron chi connectivity index (χ2n) is 4.76. The molecule has 22 heavy (non-hydrogen) atoms. The van der Waals surface area contributed by atoms with Gasteiger partial charge in [0.25, 0.3) is 0 Å². The molecule has 0 radical (unpaired) electrons. The van der Waals surface area contributed by atoms with Crippen molar-refractivity contribution in [3.63, 3.8) is 0 Å². The first-order valence-electron chi connectivity index (χ1n) is 7.52. The van der Waals surface area contributed by atoms with Crippen LogP contribution in [0.4, 0.5) is 0 Å². The minimum Gasteiger partial charge on any atom is -0.494 e. The lowest BCUT2D eigenvalue weighted by molar-refractivity contribution is 0.0716. The number of hydroxylamine groups is 1. The third kappa shape index (κ3) is 4.23. The smallest absolute Gasteiger partial charge is 0.119 e. The normalized spacial score (nSPS) is 10.7. The molecule has 0 aliphatic heterocycles. The van der Waals surface area contributed by atoms with Crippen molar-refractivity contribution in [3.05, 3.63) is 59.7 Å². The van der Waals surface area contributed by atoms with Gasteiger partial charge in [-0.1, -0.05) is 24.3 Å². The van der Waals surface area contributed by atoms with Gasteiger partial charge in [-0.25, -0.2) is 0 Å². The maximum atomic E-state index is 5.48. The quantitative estimate of drug-likeness (QED) is 0.754. The fourth-order valence-corrected chi connectivity index (χ4v) is 2.29. The van der Waals surface area contributed by atoms with Gasteiger partial charge in [0.2, 0.25) is 0 Å². The van der Waals surface area contributed by atoms with Gasteiger partial charge in [0.15, 0.2) is 0 Å². The molecule has 2 aromatic carbocycles. The van der Waals surface area contributed by atoms with Gasteiger partial charge in [0, 0.05) is 0 Å². The van der Waals surface area contributed by atoms with E-state index in [-0.39, 0.29) is 6.04 Å². The van der Waals surface area contributed by atoms with E-state index in [0.29, 0.717) is 13.2 Å². The highest BCUT2D eigenvalue weighted by Crippen LogP contribution is 2.26. The maximum absolute atomic E-state index is 5.48. The van der Waals surface area contributed by atoms with Crippen LogP contribution in [0.3, 0.4) is 0 Å². The SMILES string of the molecule is CCOc1ccc(C(NOC)c2ccc(OCC)cc2)cc1. The fourth-order valence-electron chi connectivity index (χ4n) is 2.29. The van der Waals surface area contributed by atoms with E-state index in [4.69, 9.17) is 14.3 Å². The number of ether oxygens (including phenoxy) is 2. The van der Waals surface area contributed by atoms with Crippen molar-refractivity contribution >= 4 is 0 Å². The predicted molar refractivity (Wildman–Crippen MR) is 87.2 cm³/mol.